The van der Waals surface area contributed by atoms with E-state index in [4.69, 9.17) is 5.73 Å². The maximum atomic E-state index is 12.7. The monoisotopic (exact) mass is 236 g/mol. The highest BCUT2D eigenvalue weighted by molar-refractivity contribution is 5.82. The first-order chi connectivity index (χ1) is 8.16. The van der Waals surface area contributed by atoms with Crippen molar-refractivity contribution in [3.05, 3.63) is 35.6 Å². The predicted molar refractivity (Wildman–Crippen MR) is 63.9 cm³/mol. The number of hydrogen-bond acceptors (Lipinski definition) is 2. The number of carbonyl (C=O) groups is 1. The molecule has 1 amide bonds. The van der Waals surface area contributed by atoms with E-state index in [9.17, 15) is 9.18 Å². The smallest absolute Gasteiger partial charge is 0.239 e. The van der Waals surface area contributed by atoms with E-state index in [1.54, 1.807) is 12.1 Å². The molecule has 1 aromatic rings. The summed E-state index contributed by atoms with van der Waals surface area (Å²) in [5.41, 5.74) is 6.78. The first kappa shape index (κ1) is 12.0. The number of rotatable bonds is 3. The summed E-state index contributed by atoms with van der Waals surface area (Å²) >= 11 is 0. The summed E-state index contributed by atoms with van der Waals surface area (Å²) < 4.78 is 12.7. The van der Waals surface area contributed by atoms with E-state index < -0.39 is 6.04 Å². The summed E-state index contributed by atoms with van der Waals surface area (Å²) in [6, 6.07) is 5.61. The zero-order valence-electron chi connectivity index (χ0n) is 9.73. The Balaban J connectivity index is 1.93. The molecule has 0 unspecified atom stereocenters. The van der Waals surface area contributed by atoms with Gasteiger partial charge in [0.15, 0.2) is 0 Å². The van der Waals surface area contributed by atoms with Gasteiger partial charge >= 0.3 is 0 Å². The van der Waals surface area contributed by atoms with E-state index in [-0.39, 0.29) is 11.7 Å². The number of amides is 1. The van der Waals surface area contributed by atoms with Crippen molar-refractivity contribution in [2.24, 2.45) is 5.73 Å². The Morgan fingerprint density at radius 3 is 2.47 bits per heavy atom. The maximum Gasteiger partial charge on any atom is 0.239 e. The van der Waals surface area contributed by atoms with Crippen molar-refractivity contribution < 1.29 is 9.18 Å². The molecule has 2 N–H and O–H groups in total. The van der Waals surface area contributed by atoms with E-state index in [1.807, 2.05) is 4.90 Å². The minimum absolute atomic E-state index is 0.00632. The van der Waals surface area contributed by atoms with Crippen molar-refractivity contribution in [2.45, 2.75) is 25.3 Å². The quantitative estimate of drug-likeness (QED) is 0.860. The lowest BCUT2D eigenvalue weighted by atomic mass is 10.1. The van der Waals surface area contributed by atoms with Crippen molar-refractivity contribution in [3.63, 3.8) is 0 Å². The molecule has 0 bridgehead atoms. The molecule has 4 heteroatoms. The standard InChI is InChI=1S/C13H17FN2O/c14-11-5-3-10(4-6-11)9-12(15)13(17)16-7-1-2-8-16/h3-6,12H,1-2,7-9,15H2/t12-/m0/s1. The largest absolute Gasteiger partial charge is 0.341 e. The van der Waals surface area contributed by atoms with Gasteiger partial charge in [0, 0.05) is 13.1 Å². The van der Waals surface area contributed by atoms with Crippen LogP contribution >= 0.6 is 0 Å². The lowest BCUT2D eigenvalue weighted by Gasteiger charge is -2.20. The summed E-state index contributed by atoms with van der Waals surface area (Å²) in [6.07, 6.45) is 2.60. The van der Waals surface area contributed by atoms with Gasteiger partial charge in [0.25, 0.3) is 0 Å². The minimum Gasteiger partial charge on any atom is -0.341 e. The van der Waals surface area contributed by atoms with Crippen LogP contribution in [0.1, 0.15) is 18.4 Å². The zero-order valence-corrected chi connectivity index (χ0v) is 9.73. The summed E-state index contributed by atoms with van der Waals surface area (Å²) in [5, 5.41) is 0. The van der Waals surface area contributed by atoms with E-state index >= 15 is 0 Å². The van der Waals surface area contributed by atoms with Gasteiger partial charge < -0.3 is 10.6 Å². The van der Waals surface area contributed by atoms with Crippen LogP contribution in [-0.4, -0.2) is 29.9 Å². The number of benzene rings is 1. The molecule has 1 atom stereocenters. The van der Waals surface area contributed by atoms with Gasteiger partial charge in [0.2, 0.25) is 5.91 Å². The van der Waals surface area contributed by atoms with E-state index in [1.165, 1.54) is 12.1 Å². The highest BCUT2D eigenvalue weighted by Gasteiger charge is 2.23. The van der Waals surface area contributed by atoms with Crippen molar-refractivity contribution in [1.29, 1.82) is 0 Å². The molecule has 1 fully saturated rings. The van der Waals surface area contributed by atoms with Crippen molar-refractivity contribution in [2.75, 3.05) is 13.1 Å². The van der Waals surface area contributed by atoms with Gasteiger partial charge in [-0.2, -0.15) is 0 Å². The Morgan fingerprint density at radius 1 is 1.29 bits per heavy atom. The Morgan fingerprint density at radius 2 is 1.88 bits per heavy atom. The molecule has 2 rings (SSSR count). The third-order valence-corrected chi connectivity index (χ3v) is 3.10. The van der Waals surface area contributed by atoms with Crippen LogP contribution in [0.3, 0.4) is 0 Å². The molecule has 1 aliphatic rings. The summed E-state index contributed by atoms with van der Waals surface area (Å²) in [5.74, 6) is -0.264. The number of hydrogen-bond donors (Lipinski definition) is 1. The maximum absolute atomic E-state index is 12.7. The molecule has 92 valence electrons. The summed E-state index contributed by atoms with van der Waals surface area (Å²) in [6.45, 7) is 1.63. The van der Waals surface area contributed by atoms with Gasteiger partial charge in [-0.15, -0.1) is 0 Å². The molecule has 17 heavy (non-hydrogen) atoms. The lowest BCUT2D eigenvalue weighted by molar-refractivity contribution is -0.131. The number of halogens is 1. The second-order valence-corrected chi connectivity index (χ2v) is 4.47. The van der Waals surface area contributed by atoms with Crippen molar-refractivity contribution >= 4 is 5.91 Å². The molecule has 3 nitrogen and oxygen atoms in total. The van der Waals surface area contributed by atoms with E-state index in [0.717, 1.165) is 31.5 Å². The van der Waals surface area contributed by atoms with Gasteiger partial charge in [-0.3, -0.25) is 4.79 Å². The third kappa shape index (κ3) is 3.03. The van der Waals surface area contributed by atoms with Crippen LogP contribution in [0.2, 0.25) is 0 Å². The Hall–Kier alpha value is -1.42. The SMILES string of the molecule is N[C@@H](Cc1ccc(F)cc1)C(=O)N1CCCC1. The highest BCUT2D eigenvalue weighted by Crippen LogP contribution is 2.11. The lowest BCUT2D eigenvalue weighted by Crippen LogP contribution is -2.43. The molecular weight excluding hydrogens is 219 g/mol. The van der Waals surface area contributed by atoms with Gasteiger partial charge in [0.1, 0.15) is 5.82 Å². The van der Waals surface area contributed by atoms with Crippen molar-refractivity contribution in [3.8, 4) is 0 Å². The molecular formula is C13H17FN2O. The highest BCUT2D eigenvalue weighted by atomic mass is 19.1. The molecule has 0 aliphatic carbocycles. The normalized spacial score (nSPS) is 17.2. The second kappa shape index (κ2) is 5.27. The fourth-order valence-corrected chi connectivity index (χ4v) is 2.13. The van der Waals surface area contributed by atoms with E-state index in [0.29, 0.717) is 6.42 Å². The number of nitrogens with zero attached hydrogens (tertiary/aromatic N) is 1. The number of likely N-dealkylation sites (tertiary alicyclic amines) is 1. The summed E-state index contributed by atoms with van der Waals surface area (Å²) in [4.78, 5) is 13.8. The van der Waals surface area contributed by atoms with Gasteiger partial charge in [-0.05, 0) is 37.0 Å². The molecule has 1 aromatic carbocycles. The van der Waals surface area contributed by atoms with Gasteiger partial charge in [-0.1, -0.05) is 12.1 Å². The molecule has 0 aromatic heterocycles. The zero-order chi connectivity index (χ0) is 12.3. The molecule has 0 spiro atoms. The summed E-state index contributed by atoms with van der Waals surface area (Å²) in [7, 11) is 0. The fourth-order valence-electron chi connectivity index (χ4n) is 2.13. The molecule has 1 heterocycles. The van der Waals surface area contributed by atoms with Crippen LogP contribution in [-0.2, 0) is 11.2 Å². The minimum atomic E-state index is -0.515. The van der Waals surface area contributed by atoms with Gasteiger partial charge in [-0.25, -0.2) is 4.39 Å². The second-order valence-electron chi connectivity index (χ2n) is 4.47. The first-order valence-corrected chi connectivity index (χ1v) is 5.95. The van der Waals surface area contributed by atoms with Crippen LogP contribution in [0, 0.1) is 5.82 Å². The Bertz CT molecular complexity index is 385. The molecule has 1 aliphatic heterocycles. The first-order valence-electron chi connectivity index (χ1n) is 5.95. The van der Waals surface area contributed by atoms with Crippen LogP contribution in [0.5, 0.6) is 0 Å². The Kier molecular flexibility index (Phi) is 3.74. The van der Waals surface area contributed by atoms with Gasteiger partial charge in [0.05, 0.1) is 6.04 Å². The van der Waals surface area contributed by atoms with E-state index in [2.05, 4.69) is 0 Å². The molecule has 0 radical (unpaired) electrons. The van der Waals surface area contributed by atoms with Crippen LogP contribution in [0.4, 0.5) is 4.39 Å². The third-order valence-electron chi connectivity index (χ3n) is 3.10. The Labute approximate surface area is 100 Å². The topological polar surface area (TPSA) is 46.3 Å². The fraction of sp³-hybridized carbons (Fsp3) is 0.462. The predicted octanol–water partition coefficient (Wildman–Crippen LogP) is 1.32. The van der Waals surface area contributed by atoms with Crippen LogP contribution < -0.4 is 5.73 Å². The number of carbonyl (C=O) groups excluding carboxylic acids is 1. The average molecular weight is 236 g/mol. The van der Waals surface area contributed by atoms with Crippen LogP contribution in [0.15, 0.2) is 24.3 Å². The molecule has 0 saturated carbocycles. The van der Waals surface area contributed by atoms with Crippen molar-refractivity contribution in [1.82, 2.24) is 4.90 Å². The van der Waals surface area contributed by atoms with Crippen LogP contribution in [0.25, 0.3) is 0 Å². The number of nitrogens with two attached hydrogens (primary N) is 1. The average Bonchev–Trinajstić information content (AvgIpc) is 2.84. The molecule has 1 saturated heterocycles.